The van der Waals surface area contributed by atoms with Gasteiger partial charge in [0.1, 0.15) is 0 Å². The van der Waals surface area contributed by atoms with Gasteiger partial charge in [-0.25, -0.2) is 0 Å². The average molecular weight is 347 g/mol. The smallest absolute Gasteiger partial charge is 0.244 e. The summed E-state index contributed by atoms with van der Waals surface area (Å²) in [6.07, 6.45) is 0.0942. The number of rotatable bonds is 6. The minimum absolute atomic E-state index is 0.00510. The van der Waals surface area contributed by atoms with Crippen LogP contribution in [0.5, 0.6) is 0 Å². The summed E-state index contributed by atoms with van der Waals surface area (Å²) >= 11 is 11.9. The fourth-order valence-electron chi connectivity index (χ4n) is 2.69. The molecule has 2 unspecified atom stereocenters. The van der Waals surface area contributed by atoms with Crippen LogP contribution in [0.3, 0.4) is 0 Å². The predicted octanol–water partition coefficient (Wildman–Crippen LogP) is 2.04. The third-order valence-electron chi connectivity index (χ3n) is 3.78. The number of methoxy groups -OCH3 is 1. The fourth-order valence-corrected chi connectivity index (χ4v) is 2.98. The summed E-state index contributed by atoms with van der Waals surface area (Å²) in [6, 6.07) is 4.92. The van der Waals surface area contributed by atoms with E-state index in [4.69, 9.17) is 27.9 Å². The second-order valence-electron chi connectivity index (χ2n) is 5.44. The van der Waals surface area contributed by atoms with Crippen LogP contribution in [0.1, 0.15) is 6.42 Å². The van der Waals surface area contributed by atoms with E-state index < -0.39 is 6.10 Å². The normalized spacial score (nSPS) is 20.0. The standard InChI is InChI=1S/C15H20Cl2N2O3/c1-18(8-11(20)9-22-2)14-5-6-19(15(14)21)10-3-4-12(16)13(17)7-10/h3-4,7,11,14,20H,5-6,8-9H2,1-2H3. The molecule has 5 nitrogen and oxygen atoms in total. The van der Waals surface area contributed by atoms with E-state index in [1.807, 2.05) is 11.9 Å². The quantitative estimate of drug-likeness (QED) is 0.856. The number of ether oxygens (including phenoxy) is 1. The summed E-state index contributed by atoms with van der Waals surface area (Å²) in [5, 5.41) is 10.7. The van der Waals surface area contributed by atoms with Crippen molar-refractivity contribution in [2.75, 3.05) is 38.8 Å². The van der Waals surface area contributed by atoms with Crippen molar-refractivity contribution in [1.29, 1.82) is 0 Å². The second kappa shape index (κ2) is 7.62. The first kappa shape index (κ1) is 17.5. The van der Waals surface area contributed by atoms with Crippen molar-refractivity contribution in [2.45, 2.75) is 18.6 Å². The minimum Gasteiger partial charge on any atom is -0.389 e. The number of benzene rings is 1. The van der Waals surface area contributed by atoms with E-state index in [-0.39, 0.29) is 18.6 Å². The van der Waals surface area contributed by atoms with Crippen molar-refractivity contribution in [2.24, 2.45) is 0 Å². The molecule has 7 heteroatoms. The molecule has 1 heterocycles. The Morgan fingerprint density at radius 2 is 2.18 bits per heavy atom. The van der Waals surface area contributed by atoms with E-state index in [2.05, 4.69) is 0 Å². The van der Waals surface area contributed by atoms with Gasteiger partial charge >= 0.3 is 0 Å². The molecule has 22 heavy (non-hydrogen) atoms. The molecule has 1 aliphatic heterocycles. The highest BCUT2D eigenvalue weighted by molar-refractivity contribution is 6.42. The number of aliphatic hydroxyl groups excluding tert-OH is 1. The molecule has 0 aliphatic carbocycles. The van der Waals surface area contributed by atoms with Crippen molar-refractivity contribution in [1.82, 2.24) is 4.90 Å². The lowest BCUT2D eigenvalue weighted by Crippen LogP contribution is -2.43. The Morgan fingerprint density at radius 1 is 1.45 bits per heavy atom. The number of nitrogens with zero attached hydrogens (tertiary/aromatic N) is 2. The van der Waals surface area contributed by atoms with Gasteiger partial charge in [0.2, 0.25) is 5.91 Å². The van der Waals surface area contributed by atoms with Crippen molar-refractivity contribution < 1.29 is 14.6 Å². The molecule has 0 radical (unpaired) electrons. The first-order chi connectivity index (χ1) is 10.4. The largest absolute Gasteiger partial charge is 0.389 e. The van der Waals surface area contributed by atoms with Crippen LogP contribution >= 0.6 is 23.2 Å². The summed E-state index contributed by atoms with van der Waals surface area (Å²) < 4.78 is 4.91. The number of carbonyl (C=O) groups is 1. The van der Waals surface area contributed by atoms with Gasteiger partial charge in [-0.1, -0.05) is 23.2 Å². The van der Waals surface area contributed by atoms with Gasteiger partial charge in [-0.2, -0.15) is 0 Å². The molecule has 1 aromatic rings. The summed E-state index contributed by atoms with van der Waals surface area (Å²) in [4.78, 5) is 16.1. The molecule has 1 N–H and O–H groups in total. The summed E-state index contributed by atoms with van der Waals surface area (Å²) in [6.45, 7) is 1.26. The molecule has 1 amide bonds. The molecule has 2 atom stereocenters. The SMILES string of the molecule is COCC(O)CN(C)C1CCN(c2ccc(Cl)c(Cl)c2)C1=O. The van der Waals surface area contributed by atoms with E-state index in [1.165, 1.54) is 7.11 Å². The van der Waals surface area contributed by atoms with Crippen LogP contribution in [0, 0.1) is 0 Å². The maximum absolute atomic E-state index is 12.6. The lowest BCUT2D eigenvalue weighted by Gasteiger charge is -2.25. The van der Waals surface area contributed by atoms with Gasteiger partial charge in [0, 0.05) is 25.9 Å². The fraction of sp³-hybridized carbons (Fsp3) is 0.533. The molecular weight excluding hydrogens is 327 g/mol. The van der Waals surface area contributed by atoms with Crippen LogP contribution in [0.25, 0.3) is 0 Å². The Labute approximate surface area is 140 Å². The Kier molecular flexibility index (Phi) is 6.06. The Morgan fingerprint density at radius 3 is 2.82 bits per heavy atom. The van der Waals surface area contributed by atoms with Gasteiger partial charge in [0.15, 0.2) is 0 Å². The van der Waals surface area contributed by atoms with E-state index in [0.29, 0.717) is 29.6 Å². The topological polar surface area (TPSA) is 53.0 Å². The monoisotopic (exact) mass is 346 g/mol. The molecule has 1 fully saturated rings. The van der Waals surface area contributed by atoms with E-state index in [9.17, 15) is 9.90 Å². The average Bonchev–Trinajstić information content (AvgIpc) is 2.84. The molecule has 0 bridgehead atoms. The van der Waals surface area contributed by atoms with Crippen molar-refractivity contribution >= 4 is 34.8 Å². The highest BCUT2D eigenvalue weighted by Gasteiger charge is 2.35. The number of hydrogen-bond acceptors (Lipinski definition) is 4. The van der Waals surface area contributed by atoms with Gasteiger partial charge in [-0.05, 0) is 31.7 Å². The lowest BCUT2D eigenvalue weighted by atomic mass is 10.2. The zero-order valence-electron chi connectivity index (χ0n) is 12.6. The number of amides is 1. The Hall–Kier alpha value is -0.850. The lowest BCUT2D eigenvalue weighted by molar-refractivity contribution is -0.121. The zero-order valence-corrected chi connectivity index (χ0v) is 14.1. The summed E-state index contributed by atoms with van der Waals surface area (Å²) in [7, 11) is 3.37. The first-order valence-electron chi connectivity index (χ1n) is 7.07. The van der Waals surface area contributed by atoms with Crippen LogP contribution in [0.15, 0.2) is 18.2 Å². The van der Waals surface area contributed by atoms with Crippen molar-refractivity contribution in [3.8, 4) is 0 Å². The van der Waals surface area contributed by atoms with E-state index in [1.54, 1.807) is 23.1 Å². The number of anilines is 1. The second-order valence-corrected chi connectivity index (χ2v) is 6.26. The van der Waals surface area contributed by atoms with Crippen LogP contribution < -0.4 is 4.90 Å². The molecule has 1 saturated heterocycles. The van der Waals surface area contributed by atoms with E-state index >= 15 is 0 Å². The summed E-state index contributed by atoms with van der Waals surface area (Å²) in [5.41, 5.74) is 0.743. The number of hydrogen-bond donors (Lipinski definition) is 1. The molecule has 1 aliphatic rings. The predicted molar refractivity (Wildman–Crippen MR) is 87.7 cm³/mol. The van der Waals surface area contributed by atoms with Crippen LogP contribution in [0.4, 0.5) is 5.69 Å². The van der Waals surface area contributed by atoms with Crippen LogP contribution in [-0.2, 0) is 9.53 Å². The summed E-state index contributed by atoms with van der Waals surface area (Å²) in [5.74, 6) is 0.00510. The Balaban J connectivity index is 2.04. The maximum Gasteiger partial charge on any atom is 0.244 e. The molecule has 122 valence electrons. The molecule has 0 aromatic heterocycles. The Bertz CT molecular complexity index is 542. The van der Waals surface area contributed by atoms with Crippen LogP contribution in [0.2, 0.25) is 10.0 Å². The third kappa shape index (κ3) is 3.91. The third-order valence-corrected chi connectivity index (χ3v) is 4.52. The molecule has 0 spiro atoms. The van der Waals surface area contributed by atoms with Crippen molar-refractivity contribution in [3.05, 3.63) is 28.2 Å². The van der Waals surface area contributed by atoms with E-state index in [0.717, 1.165) is 5.69 Å². The number of aliphatic hydroxyl groups is 1. The zero-order chi connectivity index (χ0) is 16.3. The van der Waals surface area contributed by atoms with Gasteiger partial charge in [-0.15, -0.1) is 0 Å². The molecule has 2 rings (SSSR count). The number of likely N-dealkylation sites (N-methyl/N-ethyl adjacent to an activating group) is 1. The van der Waals surface area contributed by atoms with Crippen LogP contribution in [-0.4, -0.2) is 61.9 Å². The van der Waals surface area contributed by atoms with Gasteiger partial charge < -0.3 is 14.7 Å². The van der Waals surface area contributed by atoms with Gasteiger partial charge in [0.25, 0.3) is 0 Å². The maximum atomic E-state index is 12.6. The van der Waals surface area contributed by atoms with Gasteiger partial charge in [0.05, 0.1) is 28.8 Å². The molecular formula is C15H20Cl2N2O3. The molecule has 0 saturated carbocycles. The van der Waals surface area contributed by atoms with Crippen molar-refractivity contribution in [3.63, 3.8) is 0 Å². The highest BCUT2D eigenvalue weighted by atomic mass is 35.5. The molecule has 1 aromatic carbocycles. The minimum atomic E-state index is -0.609. The number of halogens is 2. The van der Waals surface area contributed by atoms with Gasteiger partial charge in [-0.3, -0.25) is 9.69 Å². The first-order valence-corrected chi connectivity index (χ1v) is 7.83. The highest BCUT2D eigenvalue weighted by Crippen LogP contribution is 2.30. The number of carbonyl (C=O) groups excluding carboxylic acids is 1.